The highest BCUT2D eigenvalue weighted by molar-refractivity contribution is 6.32. The molecule has 0 aliphatic carbocycles. The number of aryl methyl sites for hydroxylation is 1. The van der Waals surface area contributed by atoms with Gasteiger partial charge in [0.2, 0.25) is 0 Å². The van der Waals surface area contributed by atoms with Gasteiger partial charge in [0.05, 0.1) is 11.4 Å². The number of benzene rings is 1. The monoisotopic (exact) mass is 229 g/mol. The minimum atomic E-state index is -1.03. The third-order valence-electron chi connectivity index (χ3n) is 2.12. The second-order valence-electron chi connectivity index (χ2n) is 3.33. The van der Waals surface area contributed by atoms with Crippen LogP contribution in [0, 0.1) is 6.92 Å². The molecule has 1 aromatic carbocycles. The van der Waals surface area contributed by atoms with E-state index in [0.717, 1.165) is 5.56 Å². The SMILES string of the molecule is Cc1ccc(O)c(C(N)CC(=O)O)c1Cl. The summed E-state index contributed by atoms with van der Waals surface area (Å²) in [6.07, 6.45) is -0.267. The maximum absolute atomic E-state index is 10.5. The van der Waals surface area contributed by atoms with E-state index < -0.39 is 12.0 Å². The van der Waals surface area contributed by atoms with Crippen molar-refractivity contribution in [3.63, 3.8) is 0 Å². The van der Waals surface area contributed by atoms with Crippen LogP contribution in [0.2, 0.25) is 5.02 Å². The van der Waals surface area contributed by atoms with Crippen molar-refractivity contribution in [2.45, 2.75) is 19.4 Å². The highest BCUT2D eigenvalue weighted by Crippen LogP contribution is 2.34. The Bertz CT molecular complexity index is 392. The molecule has 0 aliphatic heterocycles. The average Bonchev–Trinajstić information content (AvgIpc) is 2.11. The van der Waals surface area contributed by atoms with Gasteiger partial charge in [-0.25, -0.2) is 0 Å². The van der Waals surface area contributed by atoms with Gasteiger partial charge in [-0.3, -0.25) is 4.79 Å². The van der Waals surface area contributed by atoms with Crippen LogP contribution in [0.5, 0.6) is 5.75 Å². The average molecular weight is 230 g/mol. The summed E-state index contributed by atoms with van der Waals surface area (Å²) in [5.74, 6) is -1.10. The summed E-state index contributed by atoms with van der Waals surface area (Å²) in [7, 11) is 0. The zero-order chi connectivity index (χ0) is 11.6. The highest BCUT2D eigenvalue weighted by Gasteiger charge is 2.18. The van der Waals surface area contributed by atoms with Gasteiger partial charge in [0.25, 0.3) is 0 Å². The van der Waals surface area contributed by atoms with Crippen molar-refractivity contribution < 1.29 is 15.0 Å². The van der Waals surface area contributed by atoms with Gasteiger partial charge >= 0.3 is 5.97 Å². The van der Waals surface area contributed by atoms with Gasteiger partial charge in [-0.2, -0.15) is 0 Å². The number of aliphatic carboxylic acids is 1. The van der Waals surface area contributed by atoms with Crippen molar-refractivity contribution in [3.8, 4) is 5.75 Å². The molecule has 0 amide bonds. The molecule has 0 radical (unpaired) electrons. The van der Waals surface area contributed by atoms with Gasteiger partial charge in [-0.1, -0.05) is 17.7 Å². The van der Waals surface area contributed by atoms with E-state index in [9.17, 15) is 9.90 Å². The number of nitrogens with two attached hydrogens (primary N) is 1. The third kappa shape index (κ3) is 2.61. The van der Waals surface area contributed by atoms with E-state index in [1.54, 1.807) is 13.0 Å². The van der Waals surface area contributed by atoms with Crippen LogP contribution in [0.3, 0.4) is 0 Å². The number of phenols is 1. The first-order valence-electron chi connectivity index (χ1n) is 4.38. The molecule has 0 heterocycles. The van der Waals surface area contributed by atoms with Crippen LogP contribution in [-0.4, -0.2) is 16.2 Å². The van der Waals surface area contributed by atoms with E-state index in [4.69, 9.17) is 22.4 Å². The molecule has 4 N–H and O–H groups in total. The Kier molecular flexibility index (Phi) is 3.55. The van der Waals surface area contributed by atoms with Crippen LogP contribution in [0.25, 0.3) is 0 Å². The topological polar surface area (TPSA) is 83.5 Å². The summed E-state index contributed by atoms with van der Waals surface area (Å²) in [5, 5.41) is 18.5. The lowest BCUT2D eigenvalue weighted by molar-refractivity contribution is -0.137. The second kappa shape index (κ2) is 4.51. The number of halogens is 1. The van der Waals surface area contributed by atoms with Crippen molar-refractivity contribution in [1.29, 1.82) is 0 Å². The van der Waals surface area contributed by atoms with Crippen LogP contribution < -0.4 is 5.73 Å². The summed E-state index contributed by atoms with van der Waals surface area (Å²) in [6, 6.07) is 2.31. The molecule has 0 aromatic heterocycles. The standard InChI is InChI=1S/C10H12ClNO3/c1-5-2-3-7(13)9(10(5)11)6(12)4-8(14)15/h2-3,6,13H,4,12H2,1H3,(H,14,15). The van der Waals surface area contributed by atoms with E-state index in [2.05, 4.69) is 0 Å². The van der Waals surface area contributed by atoms with Crippen LogP contribution in [0.15, 0.2) is 12.1 Å². The molecule has 1 rings (SSSR count). The molecule has 4 nitrogen and oxygen atoms in total. The molecular weight excluding hydrogens is 218 g/mol. The highest BCUT2D eigenvalue weighted by atomic mass is 35.5. The molecule has 0 aliphatic rings. The number of aromatic hydroxyl groups is 1. The number of carboxylic acid groups (broad SMARTS) is 1. The lowest BCUT2D eigenvalue weighted by Gasteiger charge is -2.14. The van der Waals surface area contributed by atoms with Crippen LogP contribution >= 0.6 is 11.6 Å². The molecule has 1 aromatic rings. The Morgan fingerprint density at radius 2 is 2.20 bits per heavy atom. The van der Waals surface area contributed by atoms with Gasteiger partial charge in [-0.15, -0.1) is 0 Å². The lowest BCUT2D eigenvalue weighted by atomic mass is 10.0. The number of rotatable bonds is 3. The largest absolute Gasteiger partial charge is 0.508 e. The van der Waals surface area contributed by atoms with Crippen molar-refractivity contribution in [2.24, 2.45) is 5.73 Å². The molecule has 82 valence electrons. The zero-order valence-electron chi connectivity index (χ0n) is 8.20. The maximum atomic E-state index is 10.5. The summed E-state index contributed by atoms with van der Waals surface area (Å²) in [5.41, 5.74) is 6.69. The summed E-state index contributed by atoms with van der Waals surface area (Å²) >= 11 is 5.94. The Hall–Kier alpha value is -1.26. The zero-order valence-corrected chi connectivity index (χ0v) is 8.95. The van der Waals surface area contributed by atoms with E-state index in [1.165, 1.54) is 6.07 Å². The van der Waals surface area contributed by atoms with E-state index in [-0.39, 0.29) is 12.2 Å². The van der Waals surface area contributed by atoms with Gasteiger partial charge in [0.1, 0.15) is 5.75 Å². The van der Waals surface area contributed by atoms with Crippen LogP contribution in [-0.2, 0) is 4.79 Å². The minimum Gasteiger partial charge on any atom is -0.508 e. The first-order chi connectivity index (χ1) is 6.93. The fourth-order valence-electron chi connectivity index (χ4n) is 1.33. The Morgan fingerprint density at radius 1 is 1.60 bits per heavy atom. The Labute approximate surface area is 92.3 Å². The van der Waals surface area contributed by atoms with E-state index >= 15 is 0 Å². The minimum absolute atomic E-state index is 0.0700. The molecule has 0 fully saturated rings. The van der Waals surface area contributed by atoms with E-state index in [1.807, 2.05) is 0 Å². The van der Waals surface area contributed by atoms with Crippen molar-refractivity contribution in [1.82, 2.24) is 0 Å². The molecule has 0 bridgehead atoms. The van der Waals surface area contributed by atoms with Gasteiger partial charge in [0.15, 0.2) is 0 Å². The second-order valence-corrected chi connectivity index (χ2v) is 3.71. The molecular formula is C10H12ClNO3. The molecule has 1 atom stereocenters. The van der Waals surface area contributed by atoms with Gasteiger partial charge < -0.3 is 15.9 Å². The predicted octanol–water partition coefficient (Wildman–Crippen LogP) is 1.83. The van der Waals surface area contributed by atoms with Crippen molar-refractivity contribution >= 4 is 17.6 Å². The third-order valence-corrected chi connectivity index (χ3v) is 2.62. The fourth-order valence-corrected chi connectivity index (χ4v) is 1.63. The quantitative estimate of drug-likeness (QED) is 0.738. The van der Waals surface area contributed by atoms with Crippen LogP contribution in [0.1, 0.15) is 23.6 Å². The first kappa shape index (κ1) is 11.8. The first-order valence-corrected chi connectivity index (χ1v) is 4.76. The smallest absolute Gasteiger partial charge is 0.305 e. The molecule has 0 spiro atoms. The normalized spacial score (nSPS) is 12.5. The molecule has 1 unspecified atom stereocenters. The van der Waals surface area contributed by atoms with E-state index in [0.29, 0.717) is 10.6 Å². The summed E-state index contributed by atoms with van der Waals surface area (Å²) < 4.78 is 0. The fraction of sp³-hybridized carbons (Fsp3) is 0.300. The van der Waals surface area contributed by atoms with Gasteiger partial charge in [0, 0.05) is 11.6 Å². The van der Waals surface area contributed by atoms with Crippen LogP contribution in [0.4, 0.5) is 0 Å². The maximum Gasteiger partial charge on any atom is 0.305 e. The number of phenolic OH excluding ortho intramolecular Hbond substituents is 1. The number of hydrogen-bond acceptors (Lipinski definition) is 3. The Morgan fingerprint density at radius 3 is 2.73 bits per heavy atom. The number of hydrogen-bond donors (Lipinski definition) is 3. The van der Waals surface area contributed by atoms with Crippen molar-refractivity contribution in [2.75, 3.05) is 0 Å². The molecule has 15 heavy (non-hydrogen) atoms. The number of carboxylic acids is 1. The summed E-state index contributed by atoms with van der Waals surface area (Å²) in [6.45, 7) is 1.76. The lowest BCUT2D eigenvalue weighted by Crippen LogP contribution is -2.15. The number of carbonyl (C=O) groups is 1. The molecule has 0 saturated carbocycles. The predicted molar refractivity (Wildman–Crippen MR) is 57.0 cm³/mol. The van der Waals surface area contributed by atoms with Gasteiger partial charge in [-0.05, 0) is 18.6 Å². The van der Waals surface area contributed by atoms with Crippen molar-refractivity contribution in [3.05, 3.63) is 28.3 Å². The molecule has 0 saturated heterocycles. The Balaban J connectivity index is 3.12. The molecule has 5 heteroatoms. The summed E-state index contributed by atoms with van der Waals surface area (Å²) in [4.78, 5) is 10.5.